The fourth-order valence-corrected chi connectivity index (χ4v) is 7.33. The van der Waals surface area contributed by atoms with Crippen molar-refractivity contribution in [3.05, 3.63) is 59.2 Å². The molecule has 3 aliphatic rings. The van der Waals surface area contributed by atoms with E-state index in [-0.39, 0.29) is 54.6 Å². The Labute approximate surface area is 293 Å². The second kappa shape index (κ2) is 15.4. The molecule has 2 aromatic carbocycles. The number of likely N-dealkylation sites (tertiary alicyclic amines) is 2. The molecule has 13 heteroatoms. The second-order valence-electron chi connectivity index (χ2n) is 14.0. The molecular formula is C35H48Cl2F4N4O3. The van der Waals surface area contributed by atoms with Crippen LogP contribution in [0.2, 0.25) is 0 Å². The van der Waals surface area contributed by atoms with Crippen molar-refractivity contribution < 1.29 is 31.9 Å². The third-order valence-electron chi connectivity index (χ3n) is 10.2. The van der Waals surface area contributed by atoms with Gasteiger partial charge in [-0.3, -0.25) is 14.5 Å². The predicted octanol–water partition coefficient (Wildman–Crippen LogP) is 6.83. The first-order valence-corrected chi connectivity index (χ1v) is 16.2. The van der Waals surface area contributed by atoms with Gasteiger partial charge in [-0.05, 0) is 87.8 Å². The number of rotatable bonds is 6. The van der Waals surface area contributed by atoms with Crippen LogP contribution in [0.15, 0.2) is 42.5 Å². The molecule has 3 heterocycles. The van der Waals surface area contributed by atoms with Crippen molar-refractivity contribution in [2.24, 2.45) is 5.92 Å². The SMILES string of the molecule is CNC(=O)C1CCN(c2cc(C(F)(F)F)ccc2C2CCN(C(=O)[C@]3(F)CN(C(C)(C)C)C[C@H]3c3ccc(OC)cc3)CC2)CC1.Cl.Cl. The van der Waals surface area contributed by atoms with Crippen molar-refractivity contribution in [2.75, 3.05) is 58.3 Å². The van der Waals surface area contributed by atoms with Crippen molar-refractivity contribution in [1.29, 1.82) is 0 Å². The minimum absolute atomic E-state index is 0. The Morgan fingerprint density at radius 1 is 0.917 bits per heavy atom. The number of methoxy groups -OCH3 is 1. The van der Waals surface area contributed by atoms with E-state index in [1.807, 2.05) is 42.7 Å². The molecule has 2 aromatic rings. The van der Waals surface area contributed by atoms with Gasteiger partial charge in [-0.25, -0.2) is 4.39 Å². The fourth-order valence-electron chi connectivity index (χ4n) is 7.33. The van der Waals surface area contributed by atoms with Crippen LogP contribution in [0.25, 0.3) is 0 Å². The summed E-state index contributed by atoms with van der Waals surface area (Å²) in [5.74, 6) is -0.811. The smallest absolute Gasteiger partial charge is 0.416 e. The molecule has 48 heavy (non-hydrogen) atoms. The molecule has 3 fully saturated rings. The van der Waals surface area contributed by atoms with Gasteiger partial charge in [0.2, 0.25) is 11.6 Å². The monoisotopic (exact) mass is 718 g/mol. The van der Waals surface area contributed by atoms with Crippen molar-refractivity contribution in [3.63, 3.8) is 0 Å². The quantitative estimate of drug-likeness (QED) is 0.332. The van der Waals surface area contributed by atoms with Crippen LogP contribution in [-0.4, -0.2) is 86.2 Å². The van der Waals surface area contributed by atoms with Gasteiger partial charge >= 0.3 is 6.18 Å². The number of benzene rings is 2. The highest BCUT2D eigenvalue weighted by molar-refractivity contribution is 5.87. The Bertz CT molecular complexity index is 1410. The standard InChI is InChI=1S/C35H46F4N4O3.2ClH/c1-33(2,3)43-21-29(24-6-9-27(46-5)10-7-24)34(36,22-43)32(45)42-18-12-23(13-19-42)28-11-8-26(35(37,38)39)20-30(28)41-16-14-25(15-17-41)31(44)40-4;;/h6-11,20,23,25,29H,12-19,21-22H2,1-5H3,(H,40,44);2*1H/t29-,34-;;/m0../s1. The van der Waals surface area contributed by atoms with Crippen LogP contribution in [0.3, 0.4) is 0 Å². The molecule has 5 rings (SSSR count). The topological polar surface area (TPSA) is 65.1 Å². The summed E-state index contributed by atoms with van der Waals surface area (Å²) in [4.78, 5) is 31.8. The summed E-state index contributed by atoms with van der Waals surface area (Å²) in [7, 11) is 3.16. The van der Waals surface area contributed by atoms with Gasteiger partial charge in [0.25, 0.3) is 5.91 Å². The van der Waals surface area contributed by atoms with Crippen molar-refractivity contribution in [3.8, 4) is 5.75 Å². The Morgan fingerprint density at radius 2 is 1.52 bits per heavy atom. The fraction of sp³-hybridized carbons (Fsp3) is 0.600. The number of nitrogens with one attached hydrogen (secondary N) is 1. The van der Waals surface area contributed by atoms with E-state index in [1.165, 1.54) is 6.07 Å². The number of piperidine rings is 2. The number of ether oxygens (including phenoxy) is 1. The first-order chi connectivity index (χ1) is 21.7. The first kappa shape index (κ1) is 39.7. The summed E-state index contributed by atoms with van der Waals surface area (Å²) >= 11 is 0. The van der Waals surface area contributed by atoms with E-state index in [2.05, 4.69) is 5.32 Å². The van der Waals surface area contributed by atoms with Gasteiger partial charge in [0.15, 0.2) is 0 Å². The van der Waals surface area contributed by atoms with E-state index >= 15 is 4.39 Å². The lowest BCUT2D eigenvalue weighted by atomic mass is 9.83. The van der Waals surface area contributed by atoms with Gasteiger partial charge in [0.1, 0.15) is 5.75 Å². The summed E-state index contributed by atoms with van der Waals surface area (Å²) in [5, 5.41) is 2.67. The number of anilines is 1. The van der Waals surface area contributed by atoms with Crippen LogP contribution in [-0.2, 0) is 15.8 Å². The Hall–Kier alpha value is -2.76. The second-order valence-corrected chi connectivity index (χ2v) is 14.0. The van der Waals surface area contributed by atoms with Gasteiger partial charge in [-0.15, -0.1) is 24.8 Å². The molecule has 0 aliphatic carbocycles. The molecule has 0 aromatic heterocycles. The van der Waals surface area contributed by atoms with E-state index in [9.17, 15) is 22.8 Å². The number of hydrogen-bond acceptors (Lipinski definition) is 5. The van der Waals surface area contributed by atoms with E-state index in [0.29, 0.717) is 69.8 Å². The molecule has 7 nitrogen and oxygen atoms in total. The summed E-state index contributed by atoms with van der Waals surface area (Å²) in [6.45, 7) is 8.03. The van der Waals surface area contributed by atoms with Crippen LogP contribution in [0, 0.1) is 5.92 Å². The van der Waals surface area contributed by atoms with E-state index in [1.54, 1.807) is 37.3 Å². The minimum atomic E-state index is -4.48. The Kier molecular flexibility index (Phi) is 12.7. The average Bonchev–Trinajstić information content (AvgIpc) is 3.42. The van der Waals surface area contributed by atoms with Gasteiger partial charge in [0, 0.05) is 69.4 Å². The van der Waals surface area contributed by atoms with Gasteiger partial charge in [0.05, 0.1) is 12.7 Å². The van der Waals surface area contributed by atoms with Crippen molar-refractivity contribution in [2.45, 2.75) is 75.7 Å². The van der Waals surface area contributed by atoms with Crippen LogP contribution >= 0.6 is 24.8 Å². The number of carbonyl (C=O) groups is 2. The lowest BCUT2D eigenvalue weighted by Crippen LogP contribution is -2.53. The maximum absolute atomic E-state index is 17.2. The van der Waals surface area contributed by atoms with E-state index in [0.717, 1.165) is 17.2 Å². The zero-order chi connectivity index (χ0) is 33.4. The molecule has 2 atom stereocenters. The molecule has 1 N–H and O–H groups in total. The molecule has 2 amide bonds. The van der Waals surface area contributed by atoms with Gasteiger partial charge in [-0.2, -0.15) is 13.2 Å². The first-order valence-electron chi connectivity index (χ1n) is 16.2. The van der Waals surface area contributed by atoms with Crippen molar-refractivity contribution in [1.82, 2.24) is 15.1 Å². The molecule has 0 saturated carbocycles. The normalized spacial score (nSPS) is 22.9. The van der Waals surface area contributed by atoms with Crippen molar-refractivity contribution >= 4 is 42.3 Å². The summed E-state index contributed by atoms with van der Waals surface area (Å²) in [6.07, 6.45) is -2.33. The van der Waals surface area contributed by atoms with Crippen LogP contribution < -0.4 is 15.0 Å². The third kappa shape index (κ3) is 8.16. The van der Waals surface area contributed by atoms with Crippen LogP contribution in [0.5, 0.6) is 5.75 Å². The number of hydrogen-bond donors (Lipinski definition) is 1. The third-order valence-corrected chi connectivity index (χ3v) is 10.2. The maximum atomic E-state index is 17.2. The highest BCUT2D eigenvalue weighted by Gasteiger charge is 2.57. The lowest BCUT2D eigenvalue weighted by Gasteiger charge is -2.39. The molecule has 3 saturated heterocycles. The Morgan fingerprint density at radius 3 is 2.04 bits per heavy atom. The molecule has 0 spiro atoms. The molecule has 3 aliphatic heterocycles. The highest BCUT2D eigenvalue weighted by Crippen LogP contribution is 2.45. The summed E-state index contributed by atoms with van der Waals surface area (Å²) < 4.78 is 63.8. The van der Waals surface area contributed by atoms with E-state index < -0.39 is 29.2 Å². The Balaban J connectivity index is 0.00000312. The average molecular weight is 720 g/mol. The summed E-state index contributed by atoms with van der Waals surface area (Å²) in [6, 6.07) is 11.1. The van der Waals surface area contributed by atoms with Crippen LogP contribution in [0.4, 0.5) is 23.2 Å². The molecule has 0 radical (unpaired) electrons. The minimum Gasteiger partial charge on any atom is -0.497 e. The van der Waals surface area contributed by atoms with Crippen LogP contribution in [0.1, 0.15) is 75.0 Å². The van der Waals surface area contributed by atoms with Gasteiger partial charge in [-0.1, -0.05) is 18.2 Å². The maximum Gasteiger partial charge on any atom is 0.416 e. The number of carbonyl (C=O) groups excluding carboxylic acids is 2. The number of halogens is 6. The largest absolute Gasteiger partial charge is 0.497 e. The molecule has 0 bridgehead atoms. The predicted molar refractivity (Wildman–Crippen MR) is 184 cm³/mol. The van der Waals surface area contributed by atoms with Gasteiger partial charge < -0.3 is 19.9 Å². The number of amides is 2. The zero-order valence-electron chi connectivity index (χ0n) is 28.2. The molecular weight excluding hydrogens is 671 g/mol. The van der Waals surface area contributed by atoms with E-state index in [4.69, 9.17) is 4.74 Å². The summed E-state index contributed by atoms with van der Waals surface area (Å²) in [5.41, 5.74) is -1.07. The number of nitrogens with zero attached hydrogens (tertiary/aromatic N) is 3. The lowest BCUT2D eigenvalue weighted by molar-refractivity contribution is -0.145. The number of alkyl halides is 4. The molecule has 0 unspecified atom stereocenters. The zero-order valence-corrected chi connectivity index (χ0v) is 29.9. The highest BCUT2D eigenvalue weighted by atomic mass is 35.5. The molecule has 268 valence electrons.